The van der Waals surface area contributed by atoms with E-state index in [0.717, 1.165) is 12.1 Å². The Bertz CT molecular complexity index is 1440. The molecule has 4 rings (SSSR count). The van der Waals surface area contributed by atoms with Gasteiger partial charge in [0.15, 0.2) is 28.4 Å². The molecule has 4 aromatic rings. The number of hydrogen-bond acceptors (Lipinski definition) is 10. The lowest BCUT2D eigenvalue weighted by Crippen LogP contribution is -2.22. The van der Waals surface area contributed by atoms with Gasteiger partial charge in [-0.25, -0.2) is 0 Å². The molecule has 0 saturated carbocycles. The Morgan fingerprint density at radius 3 is 2.31 bits per heavy atom. The standard InChI is InChI=1S/C25H22O10/c1-33-22-7-13(25(32)18(31)11-26)3-5-20(22)34-19-4-2-12(6-15(19)28)21-10-17(30)24-16(29)8-14(27)9-23(24)35-21/h2-10,18,25-29,31-32H,11H2,1H3/t18-,25-/m1/s1. The number of methoxy groups -OCH3 is 1. The second-order valence-corrected chi connectivity index (χ2v) is 7.70. The van der Waals surface area contributed by atoms with Crippen molar-refractivity contribution in [2.45, 2.75) is 12.2 Å². The molecule has 35 heavy (non-hydrogen) atoms. The third kappa shape index (κ3) is 4.71. The zero-order valence-electron chi connectivity index (χ0n) is 18.4. The quantitative estimate of drug-likeness (QED) is 0.230. The van der Waals surface area contributed by atoms with Crippen molar-refractivity contribution in [1.82, 2.24) is 0 Å². The zero-order valence-corrected chi connectivity index (χ0v) is 18.4. The van der Waals surface area contributed by atoms with E-state index in [4.69, 9.17) is 19.0 Å². The second-order valence-electron chi connectivity index (χ2n) is 7.70. The number of fused-ring (bicyclic) bond motifs is 1. The van der Waals surface area contributed by atoms with E-state index in [0.29, 0.717) is 11.1 Å². The van der Waals surface area contributed by atoms with Crippen molar-refractivity contribution in [3.05, 3.63) is 70.4 Å². The van der Waals surface area contributed by atoms with Crippen molar-refractivity contribution < 1.29 is 44.5 Å². The average molecular weight is 482 g/mol. The lowest BCUT2D eigenvalue weighted by atomic mass is 10.0. The molecule has 0 spiro atoms. The van der Waals surface area contributed by atoms with E-state index in [1.165, 1.54) is 49.6 Å². The third-order valence-electron chi connectivity index (χ3n) is 5.34. The molecule has 10 heteroatoms. The smallest absolute Gasteiger partial charge is 0.197 e. The van der Waals surface area contributed by atoms with E-state index >= 15 is 0 Å². The maximum atomic E-state index is 12.5. The highest BCUT2D eigenvalue weighted by molar-refractivity contribution is 5.86. The number of benzene rings is 3. The minimum absolute atomic E-state index is 0.0249. The number of ether oxygens (including phenoxy) is 2. The molecule has 0 bridgehead atoms. The normalized spacial score (nSPS) is 12.9. The van der Waals surface area contributed by atoms with Gasteiger partial charge in [-0.2, -0.15) is 0 Å². The summed E-state index contributed by atoms with van der Waals surface area (Å²) in [6.45, 7) is -0.623. The lowest BCUT2D eigenvalue weighted by Gasteiger charge is -2.18. The summed E-state index contributed by atoms with van der Waals surface area (Å²) in [6.07, 6.45) is -2.71. The summed E-state index contributed by atoms with van der Waals surface area (Å²) >= 11 is 0. The molecule has 2 atom stereocenters. The summed E-state index contributed by atoms with van der Waals surface area (Å²) in [5.41, 5.74) is 0.0684. The molecule has 0 aliphatic carbocycles. The molecule has 0 unspecified atom stereocenters. The average Bonchev–Trinajstić information content (AvgIpc) is 2.83. The van der Waals surface area contributed by atoms with Crippen molar-refractivity contribution >= 4 is 11.0 Å². The summed E-state index contributed by atoms with van der Waals surface area (Å²) < 4.78 is 16.7. The summed E-state index contributed by atoms with van der Waals surface area (Å²) in [5, 5.41) is 58.8. The van der Waals surface area contributed by atoms with Crippen LogP contribution >= 0.6 is 0 Å². The van der Waals surface area contributed by atoms with Gasteiger partial charge in [-0.15, -0.1) is 0 Å². The number of hydrogen-bond donors (Lipinski definition) is 6. The van der Waals surface area contributed by atoms with Gasteiger partial charge in [-0.05, 0) is 35.9 Å². The van der Waals surface area contributed by atoms with Gasteiger partial charge in [-0.1, -0.05) is 6.07 Å². The van der Waals surface area contributed by atoms with Crippen LogP contribution in [0.5, 0.6) is 34.5 Å². The van der Waals surface area contributed by atoms with Crippen LogP contribution in [0.25, 0.3) is 22.3 Å². The van der Waals surface area contributed by atoms with Crippen LogP contribution in [-0.4, -0.2) is 50.5 Å². The Kier molecular flexibility index (Phi) is 6.52. The molecule has 182 valence electrons. The maximum Gasteiger partial charge on any atom is 0.197 e. The fourth-order valence-corrected chi connectivity index (χ4v) is 3.55. The van der Waals surface area contributed by atoms with E-state index in [1.807, 2.05) is 0 Å². The van der Waals surface area contributed by atoms with Gasteiger partial charge in [0.25, 0.3) is 0 Å². The van der Waals surface area contributed by atoms with Crippen LogP contribution in [0.4, 0.5) is 0 Å². The van der Waals surface area contributed by atoms with E-state index in [-0.39, 0.29) is 45.5 Å². The van der Waals surface area contributed by atoms with Crippen LogP contribution in [0, 0.1) is 0 Å². The summed E-state index contributed by atoms with van der Waals surface area (Å²) in [6, 6.07) is 12.0. The molecular weight excluding hydrogens is 460 g/mol. The van der Waals surface area contributed by atoms with Gasteiger partial charge in [0.2, 0.25) is 0 Å². The Labute approximate surface area is 198 Å². The third-order valence-corrected chi connectivity index (χ3v) is 5.34. The predicted octanol–water partition coefficient (Wildman–Crippen LogP) is 2.76. The van der Waals surface area contributed by atoms with Gasteiger partial charge in [0.1, 0.15) is 40.4 Å². The molecule has 6 N–H and O–H groups in total. The lowest BCUT2D eigenvalue weighted by molar-refractivity contribution is -0.0153. The van der Waals surface area contributed by atoms with E-state index in [9.17, 15) is 30.3 Å². The van der Waals surface area contributed by atoms with Crippen LogP contribution in [-0.2, 0) is 0 Å². The first-order chi connectivity index (χ1) is 16.7. The monoisotopic (exact) mass is 482 g/mol. The molecule has 1 heterocycles. The van der Waals surface area contributed by atoms with Crippen molar-refractivity contribution in [1.29, 1.82) is 0 Å². The van der Waals surface area contributed by atoms with Crippen LogP contribution in [0.2, 0.25) is 0 Å². The Morgan fingerprint density at radius 1 is 0.886 bits per heavy atom. The van der Waals surface area contributed by atoms with Gasteiger partial charge < -0.3 is 44.5 Å². The highest BCUT2D eigenvalue weighted by atomic mass is 16.5. The van der Waals surface area contributed by atoms with Crippen molar-refractivity contribution in [3.63, 3.8) is 0 Å². The summed E-state index contributed by atoms with van der Waals surface area (Å²) in [7, 11) is 1.38. The van der Waals surface area contributed by atoms with Crippen LogP contribution < -0.4 is 14.9 Å². The van der Waals surface area contributed by atoms with Crippen molar-refractivity contribution in [2.75, 3.05) is 13.7 Å². The van der Waals surface area contributed by atoms with E-state index < -0.39 is 30.0 Å². The van der Waals surface area contributed by atoms with E-state index in [1.54, 1.807) is 0 Å². The van der Waals surface area contributed by atoms with E-state index in [2.05, 4.69) is 0 Å². The van der Waals surface area contributed by atoms with Gasteiger partial charge >= 0.3 is 0 Å². The van der Waals surface area contributed by atoms with Gasteiger partial charge in [0.05, 0.1) is 13.7 Å². The van der Waals surface area contributed by atoms with Gasteiger partial charge in [0, 0.05) is 23.8 Å². The number of aromatic hydroxyl groups is 3. The SMILES string of the molecule is COc1cc([C@@H](O)[C@H](O)CO)ccc1Oc1ccc(-c2cc(=O)c3c(O)cc(O)cc3o2)cc1O. The molecule has 1 aromatic heterocycles. The fraction of sp³-hybridized carbons (Fsp3) is 0.160. The molecule has 0 fully saturated rings. The first-order valence-corrected chi connectivity index (χ1v) is 10.4. The zero-order chi connectivity index (χ0) is 25.3. The molecule has 0 amide bonds. The summed E-state index contributed by atoms with van der Waals surface area (Å²) in [5.74, 6) is -0.429. The van der Waals surface area contributed by atoms with Crippen LogP contribution in [0.1, 0.15) is 11.7 Å². The summed E-state index contributed by atoms with van der Waals surface area (Å²) in [4.78, 5) is 12.5. The maximum absolute atomic E-state index is 12.5. The minimum atomic E-state index is -1.37. The van der Waals surface area contributed by atoms with Crippen molar-refractivity contribution in [3.8, 4) is 45.8 Å². The number of aliphatic hydroxyl groups excluding tert-OH is 3. The molecule has 0 aliphatic rings. The Balaban J connectivity index is 1.65. The largest absolute Gasteiger partial charge is 0.508 e. The number of phenols is 3. The molecule has 0 saturated heterocycles. The minimum Gasteiger partial charge on any atom is -0.508 e. The highest BCUT2D eigenvalue weighted by Crippen LogP contribution is 2.39. The molecular formula is C25H22O10. The molecule has 10 nitrogen and oxygen atoms in total. The van der Waals surface area contributed by atoms with Crippen LogP contribution in [0.3, 0.4) is 0 Å². The molecule has 3 aromatic carbocycles. The predicted molar refractivity (Wildman–Crippen MR) is 124 cm³/mol. The topological polar surface area (TPSA) is 170 Å². The first kappa shape index (κ1) is 23.9. The first-order valence-electron chi connectivity index (χ1n) is 10.4. The Morgan fingerprint density at radius 2 is 1.63 bits per heavy atom. The van der Waals surface area contributed by atoms with Crippen molar-refractivity contribution in [2.24, 2.45) is 0 Å². The number of aliphatic hydroxyl groups is 3. The number of phenolic OH excluding ortho intramolecular Hbond substituents is 3. The highest BCUT2D eigenvalue weighted by Gasteiger charge is 2.20. The molecule has 0 radical (unpaired) electrons. The second kappa shape index (κ2) is 9.55. The number of rotatable bonds is 7. The fourth-order valence-electron chi connectivity index (χ4n) is 3.55. The Hall–Kier alpha value is -4.25. The van der Waals surface area contributed by atoms with Crippen LogP contribution in [0.15, 0.2) is 63.8 Å². The molecule has 0 aliphatic heterocycles. The van der Waals surface area contributed by atoms with Gasteiger partial charge in [-0.3, -0.25) is 4.79 Å².